The molecule has 1 aliphatic rings. The Labute approximate surface area is 129 Å². The van der Waals surface area contributed by atoms with Gasteiger partial charge in [-0.2, -0.15) is 0 Å². The van der Waals surface area contributed by atoms with Crippen LogP contribution in [-0.4, -0.2) is 5.97 Å². The Morgan fingerprint density at radius 1 is 1.30 bits per heavy atom. The number of hydrogen-bond donors (Lipinski definition) is 0. The second-order valence-corrected chi connectivity index (χ2v) is 7.22. The van der Waals surface area contributed by atoms with Crippen molar-refractivity contribution < 1.29 is 9.53 Å². The highest BCUT2D eigenvalue weighted by atomic mass is 79.9. The van der Waals surface area contributed by atoms with E-state index in [9.17, 15) is 4.79 Å². The third kappa shape index (κ3) is 3.32. The highest BCUT2D eigenvalue weighted by molar-refractivity contribution is 9.10. The maximum absolute atomic E-state index is 12.2. The van der Waals surface area contributed by atoms with Crippen LogP contribution >= 0.6 is 15.9 Å². The zero-order chi connectivity index (χ0) is 14.9. The van der Waals surface area contributed by atoms with Crippen LogP contribution in [0.15, 0.2) is 40.4 Å². The van der Waals surface area contributed by atoms with Crippen LogP contribution in [0.4, 0.5) is 0 Å². The average molecular weight is 337 g/mol. The van der Waals surface area contributed by atoms with E-state index in [2.05, 4.69) is 49.7 Å². The fourth-order valence-corrected chi connectivity index (χ4v) is 2.89. The lowest BCUT2D eigenvalue weighted by Crippen LogP contribution is -2.10. The monoisotopic (exact) mass is 336 g/mol. The van der Waals surface area contributed by atoms with Crippen LogP contribution in [0.5, 0.6) is 0 Å². The molecule has 3 heteroatoms. The van der Waals surface area contributed by atoms with E-state index in [0.29, 0.717) is 12.5 Å². The maximum Gasteiger partial charge on any atom is 0.310 e. The number of hydrogen-bond acceptors (Lipinski definition) is 2. The predicted octanol–water partition coefficient (Wildman–Crippen LogP) is 4.73. The highest BCUT2D eigenvalue weighted by Crippen LogP contribution is 2.59. The van der Waals surface area contributed by atoms with Gasteiger partial charge in [0, 0.05) is 4.47 Å². The molecule has 20 heavy (non-hydrogen) atoms. The van der Waals surface area contributed by atoms with Crippen molar-refractivity contribution in [1.29, 1.82) is 0 Å². The Kier molecular flexibility index (Phi) is 4.38. The van der Waals surface area contributed by atoms with Crippen molar-refractivity contribution in [2.75, 3.05) is 0 Å². The van der Waals surface area contributed by atoms with Gasteiger partial charge in [-0.1, -0.05) is 53.6 Å². The SMILES string of the molecule is CC(C)=CC1C(C(=O)OCc2ccc(Br)cc2)C1(C)C. The van der Waals surface area contributed by atoms with E-state index < -0.39 is 0 Å². The van der Waals surface area contributed by atoms with Crippen LogP contribution < -0.4 is 0 Å². The first-order valence-corrected chi connectivity index (χ1v) is 7.68. The van der Waals surface area contributed by atoms with Crippen LogP contribution in [0.1, 0.15) is 33.3 Å². The molecular formula is C17H21BrO2. The quantitative estimate of drug-likeness (QED) is 0.586. The van der Waals surface area contributed by atoms with Crippen molar-refractivity contribution in [3.8, 4) is 0 Å². The summed E-state index contributed by atoms with van der Waals surface area (Å²) < 4.78 is 6.48. The molecule has 2 nitrogen and oxygen atoms in total. The van der Waals surface area contributed by atoms with Gasteiger partial charge >= 0.3 is 5.97 Å². The first-order valence-electron chi connectivity index (χ1n) is 6.88. The number of esters is 1. The van der Waals surface area contributed by atoms with Gasteiger partial charge in [0.15, 0.2) is 0 Å². The van der Waals surface area contributed by atoms with Crippen molar-refractivity contribution in [3.63, 3.8) is 0 Å². The maximum atomic E-state index is 12.2. The van der Waals surface area contributed by atoms with Crippen molar-refractivity contribution in [3.05, 3.63) is 46.0 Å². The molecule has 1 saturated carbocycles. The summed E-state index contributed by atoms with van der Waals surface area (Å²) in [5, 5.41) is 0. The van der Waals surface area contributed by atoms with Crippen molar-refractivity contribution >= 4 is 21.9 Å². The Bertz CT molecular complexity index is 524. The lowest BCUT2D eigenvalue weighted by Gasteiger charge is -2.06. The smallest absolute Gasteiger partial charge is 0.310 e. The van der Waals surface area contributed by atoms with E-state index in [1.807, 2.05) is 24.3 Å². The fourth-order valence-electron chi connectivity index (χ4n) is 2.62. The Hall–Kier alpha value is -1.09. The molecule has 1 fully saturated rings. The van der Waals surface area contributed by atoms with Crippen LogP contribution in [0.3, 0.4) is 0 Å². The molecule has 0 radical (unpaired) electrons. The number of halogens is 1. The second-order valence-electron chi connectivity index (χ2n) is 6.30. The summed E-state index contributed by atoms with van der Waals surface area (Å²) in [5.74, 6) is 0.221. The van der Waals surface area contributed by atoms with Gasteiger partial charge in [-0.25, -0.2) is 0 Å². The van der Waals surface area contributed by atoms with E-state index in [-0.39, 0.29) is 17.3 Å². The standard InChI is InChI=1S/C17H21BrO2/c1-11(2)9-14-15(17(14,3)4)16(19)20-10-12-5-7-13(18)8-6-12/h5-9,14-15H,10H2,1-4H3. The molecule has 2 rings (SSSR count). The topological polar surface area (TPSA) is 26.3 Å². The molecule has 0 bridgehead atoms. The average Bonchev–Trinajstić information content (AvgIpc) is 2.89. The molecule has 2 atom stereocenters. The van der Waals surface area contributed by atoms with Crippen LogP contribution in [0.25, 0.3) is 0 Å². The van der Waals surface area contributed by atoms with Gasteiger partial charge in [-0.15, -0.1) is 0 Å². The van der Waals surface area contributed by atoms with Crippen molar-refractivity contribution in [1.82, 2.24) is 0 Å². The number of rotatable bonds is 4. The summed E-state index contributed by atoms with van der Waals surface area (Å²) >= 11 is 3.39. The van der Waals surface area contributed by atoms with Gasteiger partial charge in [-0.3, -0.25) is 4.79 Å². The van der Waals surface area contributed by atoms with E-state index in [1.54, 1.807) is 0 Å². The summed E-state index contributed by atoms with van der Waals surface area (Å²) in [4.78, 5) is 12.2. The molecule has 0 aromatic heterocycles. The Morgan fingerprint density at radius 2 is 1.90 bits per heavy atom. The van der Waals surface area contributed by atoms with E-state index in [4.69, 9.17) is 4.74 Å². The Balaban J connectivity index is 1.93. The number of benzene rings is 1. The zero-order valence-electron chi connectivity index (χ0n) is 12.4. The van der Waals surface area contributed by atoms with Gasteiger partial charge in [0.25, 0.3) is 0 Å². The minimum atomic E-state index is -0.0829. The molecule has 1 aromatic rings. The first kappa shape index (κ1) is 15.3. The Morgan fingerprint density at radius 3 is 2.45 bits per heavy atom. The van der Waals surface area contributed by atoms with Gasteiger partial charge in [0.05, 0.1) is 5.92 Å². The van der Waals surface area contributed by atoms with Gasteiger partial charge in [0.2, 0.25) is 0 Å². The minimum Gasteiger partial charge on any atom is -0.461 e. The largest absolute Gasteiger partial charge is 0.461 e. The summed E-state index contributed by atoms with van der Waals surface area (Å²) in [6, 6.07) is 7.83. The number of carbonyl (C=O) groups is 1. The molecule has 1 aliphatic carbocycles. The van der Waals surface area contributed by atoms with Gasteiger partial charge in [0.1, 0.15) is 6.61 Å². The summed E-state index contributed by atoms with van der Waals surface area (Å²) in [6.07, 6.45) is 2.19. The lowest BCUT2D eigenvalue weighted by atomic mass is 10.1. The number of ether oxygens (including phenoxy) is 1. The molecule has 1 aromatic carbocycles. The molecule has 0 amide bonds. The summed E-state index contributed by atoms with van der Waals surface area (Å²) in [6.45, 7) is 8.74. The minimum absolute atomic E-state index is 0.00662. The van der Waals surface area contributed by atoms with Crippen molar-refractivity contribution in [2.45, 2.75) is 34.3 Å². The van der Waals surface area contributed by atoms with Gasteiger partial charge < -0.3 is 4.74 Å². The highest BCUT2D eigenvalue weighted by Gasteiger charge is 2.61. The molecule has 0 heterocycles. The van der Waals surface area contributed by atoms with E-state index in [0.717, 1.165) is 10.0 Å². The molecule has 0 N–H and O–H groups in total. The van der Waals surface area contributed by atoms with E-state index in [1.165, 1.54) is 5.57 Å². The van der Waals surface area contributed by atoms with E-state index >= 15 is 0 Å². The number of allylic oxidation sites excluding steroid dienone is 2. The number of carbonyl (C=O) groups excluding carboxylic acids is 1. The summed E-state index contributed by atoms with van der Waals surface area (Å²) in [7, 11) is 0. The van der Waals surface area contributed by atoms with Crippen molar-refractivity contribution in [2.24, 2.45) is 17.3 Å². The molecule has 0 saturated heterocycles. The summed E-state index contributed by atoms with van der Waals surface area (Å²) in [5.41, 5.74) is 2.29. The third-order valence-corrected chi connectivity index (χ3v) is 4.50. The van der Waals surface area contributed by atoms with Crippen LogP contribution in [0.2, 0.25) is 0 Å². The third-order valence-electron chi connectivity index (χ3n) is 3.97. The molecule has 2 unspecified atom stereocenters. The predicted molar refractivity (Wildman–Crippen MR) is 84.1 cm³/mol. The lowest BCUT2D eigenvalue weighted by molar-refractivity contribution is -0.147. The second kappa shape index (κ2) is 5.72. The molecule has 0 spiro atoms. The molecular weight excluding hydrogens is 316 g/mol. The van der Waals surface area contributed by atoms with Crippen LogP contribution in [0, 0.1) is 17.3 Å². The molecule has 0 aliphatic heterocycles. The normalized spacial score (nSPS) is 23.1. The fraction of sp³-hybridized carbons (Fsp3) is 0.471. The van der Waals surface area contributed by atoms with Crippen LogP contribution in [-0.2, 0) is 16.1 Å². The first-order chi connectivity index (χ1) is 9.32. The van der Waals surface area contributed by atoms with Gasteiger partial charge in [-0.05, 0) is 42.9 Å². The zero-order valence-corrected chi connectivity index (χ0v) is 14.0. The molecule has 108 valence electrons.